The summed E-state index contributed by atoms with van der Waals surface area (Å²) < 4.78 is 32.1. The number of nitrogens with two attached hydrogens (primary N) is 1. The van der Waals surface area contributed by atoms with Crippen LogP contribution in [-0.4, -0.2) is 58.0 Å². The maximum atomic E-state index is 12.6. The number of halogens is 2. The Morgan fingerprint density at radius 3 is 2.75 bits per heavy atom. The first-order chi connectivity index (χ1) is 13.5. The van der Waals surface area contributed by atoms with Gasteiger partial charge in [-0.1, -0.05) is 23.5 Å². The minimum absolute atomic E-state index is 0.0262. The van der Waals surface area contributed by atoms with Crippen LogP contribution in [0.15, 0.2) is 30.5 Å². The summed E-state index contributed by atoms with van der Waals surface area (Å²) in [4.78, 5) is 7.25. The van der Waals surface area contributed by atoms with Crippen LogP contribution in [-0.2, 0) is 0 Å². The fourth-order valence-corrected chi connectivity index (χ4v) is 4.18. The first kappa shape index (κ1) is 19.0. The van der Waals surface area contributed by atoms with E-state index in [4.69, 9.17) is 10.5 Å². The fraction of sp³-hybridized carbons (Fsp3) is 0.444. The molecular formula is C18H21F2N5O2S. The summed E-state index contributed by atoms with van der Waals surface area (Å²) in [6.07, 6.45) is 0.489. The lowest BCUT2D eigenvalue weighted by atomic mass is 9.90. The van der Waals surface area contributed by atoms with Gasteiger partial charge in [-0.2, -0.15) is 0 Å². The zero-order chi connectivity index (χ0) is 19.7. The molecule has 0 radical (unpaired) electrons. The summed E-state index contributed by atoms with van der Waals surface area (Å²) in [7, 11) is 0. The summed E-state index contributed by atoms with van der Waals surface area (Å²) in [5, 5.41) is 14.9. The number of aromatic nitrogens is 3. The van der Waals surface area contributed by atoms with Crippen LogP contribution < -0.4 is 15.4 Å². The monoisotopic (exact) mass is 409 g/mol. The molecule has 1 aromatic carbocycles. The molecule has 150 valence electrons. The van der Waals surface area contributed by atoms with Crippen LogP contribution in [0.4, 0.5) is 13.9 Å². The largest absolute Gasteiger partial charge is 0.487 e. The summed E-state index contributed by atoms with van der Waals surface area (Å²) >= 11 is 1.45. The highest BCUT2D eigenvalue weighted by molar-refractivity contribution is 7.20. The third-order valence-corrected chi connectivity index (χ3v) is 5.93. The molecule has 0 spiro atoms. The molecule has 2 aromatic heterocycles. The molecule has 0 amide bonds. The summed E-state index contributed by atoms with van der Waals surface area (Å²) in [5.74, 6) is 0.369. The van der Waals surface area contributed by atoms with E-state index in [1.807, 2.05) is 6.07 Å². The van der Waals surface area contributed by atoms with Crippen molar-refractivity contribution in [2.75, 3.05) is 31.2 Å². The van der Waals surface area contributed by atoms with Gasteiger partial charge >= 0.3 is 0 Å². The lowest BCUT2D eigenvalue weighted by Gasteiger charge is -2.37. The lowest BCUT2D eigenvalue weighted by Crippen LogP contribution is -2.52. The average Bonchev–Trinajstić information content (AvgIpc) is 3.28. The number of fused-ring (bicyclic) bond motifs is 1. The van der Waals surface area contributed by atoms with E-state index in [1.54, 1.807) is 28.9 Å². The van der Waals surface area contributed by atoms with Gasteiger partial charge in [0.2, 0.25) is 10.1 Å². The number of aliphatic hydroxyl groups excluding tert-OH is 1. The van der Waals surface area contributed by atoms with Crippen molar-refractivity contribution in [3.63, 3.8) is 0 Å². The van der Waals surface area contributed by atoms with Crippen molar-refractivity contribution in [1.82, 2.24) is 14.6 Å². The quantitative estimate of drug-likeness (QED) is 0.650. The van der Waals surface area contributed by atoms with Gasteiger partial charge in [-0.3, -0.25) is 0 Å². The van der Waals surface area contributed by atoms with E-state index in [0.29, 0.717) is 47.9 Å². The average molecular weight is 409 g/mol. The molecule has 10 heteroatoms. The highest BCUT2D eigenvalue weighted by atomic mass is 32.1. The van der Waals surface area contributed by atoms with Gasteiger partial charge in [-0.25, -0.2) is 18.3 Å². The van der Waals surface area contributed by atoms with Crippen molar-refractivity contribution in [1.29, 1.82) is 0 Å². The number of piperidine rings is 1. The third-order valence-electron chi connectivity index (χ3n) is 4.95. The maximum absolute atomic E-state index is 12.6. The predicted molar refractivity (Wildman–Crippen MR) is 103 cm³/mol. The van der Waals surface area contributed by atoms with Crippen LogP contribution in [0.2, 0.25) is 0 Å². The van der Waals surface area contributed by atoms with Gasteiger partial charge < -0.3 is 20.5 Å². The molecule has 0 aliphatic carbocycles. The molecule has 0 unspecified atom stereocenters. The Morgan fingerprint density at radius 2 is 2.04 bits per heavy atom. The number of aliphatic hydroxyl groups is 1. The predicted octanol–water partition coefficient (Wildman–Crippen LogP) is 2.39. The SMILES string of the molecule is NC1(CO)CCN(c2nn3c(-c4ccccc4OCC(F)F)cnc3s2)CC1. The number of benzene rings is 1. The molecular weight excluding hydrogens is 388 g/mol. The van der Waals surface area contributed by atoms with E-state index in [9.17, 15) is 13.9 Å². The summed E-state index contributed by atoms with van der Waals surface area (Å²) in [6.45, 7) is 0.719. The highest BCUT2D eigenvalue weighted by Crippen LogP contribution is 2.34. The van der Waals surface area contributed by atoms with E-state index >= 15 is 0 Å². The van der Waals surface area contributed by atoms with Crippen molar-refractivity contribution in [3.05, 3.63) is 30.5 Å². The van der Waals surface area contributed by atoms with Crippen LogP contribution in [0.3, 0.4) is 0 Å². The van der Waals surface area contributed by atoms with Gasteiger partial charge in [0, 0.05) is 24.2 Å². The van der Waals surface area contributed by atoms with E-state index in [-0.39, 0.29) is 6.61 Å². The molecule has 4 rings (SSSR count). The van der Waals surface area contributed by atoms with Crippen LogP contribution in [0.25, 0.3) is 16.2 Å². The Hall–Kier alpha value is -2.30. The van der Waals surface area contributed by atoms with Crippen LogP contribution >= 0.6 is 11.3 Å². The number of hydrogen-bond acceptors (Lipinski definition) is 7. The highest BCUT2D eigenvalue weighted by Gasteiger charge is 2.31. The number of para-hydroxylation sites is 1. The smallest absolute Gasteiger partial charge is 0.272 e. The summed E-state index contributed by atoms with van der Waals surface area (Å²) in [6, 6.07) is 7.01. The van der Waals surface area contributed by atoms with Crippen LogP contribution in [0, 0.1) is 0 Å². The molecule has 3 heterocycles. The molecule has 1 saturated heterocycles. The van der Waals surface area contributed by atoms with Gasteiger partial charge in [0.05, 0.1) is 18.5 Å². The fourth-order valence-electron chi connectivity index (χ4n) is 3.25. The first-order valence-electron chi connectivity index (χ1n) is 8.99. The number of anilines is 1. The van der Waals surface area contributed by atoms with E-state index in [1.165, 1.54) is 11.3 Å². The number of alkyl halides is 2. The van der Waals surface area contributed by atoms with Crippen molar-refractivity contribution in [2.45, 2.75) is 24.8 Å². The molecule has 7 nitrogen and oxygen atoms in total. The van der Waals surface area contributed by atoms with Crippen molar-refractivity contribution < 1.29 is 18.6 Å². The Morgan fingerprint density at radius 1 is 1.29 bits per heavy atom. The zero-order valence-corrected chi connectivity index (χ0v) is 15.9. The molecule has 1 aliphatic rings. The molecule has 1 fully saturated rings. The summed E-state index contributed by atoms with van der Waals surface area (Å²) in [5.41, 5.74) is 6.96. The van der Waals surface area contributed by atoms with Gasteiger partial charge in [-0.05, 0) is 25.0 Å². The number of ether oxygens (including phenoxy) is 1. The normalized spacial score (nSPS) is 16.8. The second-order valence-electron chi connectivity index (χ2n) is 6.93. The van der Waals surface area contributed by atoms with Gasteiger partial charge in [0.25, 0.3) is 6.43 Å². The molecule has 0 saturated carbocycles. The zero-order valence-electron chi connectivity index (χ0n) is 15.1. The standard InChI is InChI=1S/C18H21F2N5O2S/c19-15(20)10-27-14-4-2-1-3-12(14)13-9-22-16-25(13)23-17(28-16)24-7-5-18(21,11-26)6-8-24/h1-4,9,15,26H,5-8,10-11,21H2. The van der Waals surface area contributed by atoms with Crippen molar-refractivity contribution in [2.24, 2.45) is 5.73 Å². The molecule has 3 N–H and O–H groups in total. The van der Waals surface area contributed by atoms with E-state index < -0.39 is 18.6 Å². The van der Waals surface area contributed by atoms with E-state index in [0.717, 1.165) is 5.13 Å². The van der Waals surface area contributed by atoms with Crippen molar-refractivity contribution in [3.8, 4) is 17.0 Å². The van der Waals surface area contributed by atoms with Gasteiger partial charge in [0.15, 0.2) is 0 Å². The molecule has 28 heavy (non-hydrogen) atoms. The Bertz CT molecular complexity index is 953. The Kier molecular flexibility index (Phi) is 5.17. The number of rotatable bonds is 6. The molecule has 1 aliphatic heterocycles. The Labute approximate surface area is 164 Å². The minimum atomic E-state index is -2.54. The Balaban J connectivity index is 1.61. The third kappa shape index (κ3) is 3.67. The number of hydrogen-bond donors (Lipinski definition) is 2. The molecule has 3 aromatic rings. The molecule has 0 bridgehead atoms. The van der Waals surface area contributed by atoms with E-state index in [2.05, 4.69) is 15.0 Å². The van der Waals surface area contributed by atoms with Crippen LogP contribution in [0.5, 0.6) is 5.75 Å². The lowest BCUT2D eigenvalue weighted by molar-refractivity contribution is 0.0822. The molecule has 0 atom stereocenters. The first-order valence-corrected chi connectivity index (χ1v) is 9.80. The van der Waals surface area contributed by atoms with Gasteiger partial charge in [0.1, 0.15) is 12.4 Å². The number of imidazole rings is 1. The second kappa shape index (κ2) is 7.61. The number of nitrogens with zero attached hydrogens (tertiary/aromatic N) is 4. The topological polar surface area (TPSA) is 88.9 Å². The van der Waals surface area contributed by atoms with Crippen molar-refractivity contribution >= 4 is 21.4 Å². The maximum Gasteiger partial charge on any atom is 0.272 e. The van der Waals surface area contributed by atoms with Gasteiger partial charge in [-0.15, -0.1) is 5.10 Å². The second-order valence-corrected chi connectivity index (χ2v) is 7.86. The van der Waals surface area contributed by atoms with Crippen LogP contribution in [0.1, 0.15) is 12.8 Å². The minimum Gasteiger partial charge on any atom is -0.487 e.